The van der Waals surface area contributed by atoms with Crippen LogP contribution in [0, 0.1) is 17.8 Å². The third-order valence-corrected chi connectivity index (χ3v) is 9.08. The quantitative estimate of drug-likeness (QED) is 0.130. The molecule has 0 bridgehead atoms. The molecule has 6 nitrogen and oxygen atoms in total. The van der Waals surface area contributed by atoms with E-state index in [9.17, 15) is 14.5 Å². The third kappa shape index (κ3) is 24.5. The molecule has 0 fully saturated rings. The van der Waals surface area contributed by atoms with Gasteiger partial charge in [-0.05, 0) is 36.5 Å². The predicted octanol–water partition coefficient (Wildman–Crippen LogP) is 6.74. The summed E-state index contributed by atoms with van der Waals surface area (Å²) in [5.74, 6) is 1.28. The summed E-state index contributed by atoms with van der Waals surface area (Å²) in [5, 5.41) is 0. The van der Waals surface area contributed by atoms with E-state index in [0.717, 1.165) is 30.4 Å². The van der Waals surface area contributed by atoms with Crippen molar-refractivity contribution in [1.29, 1.82) is 0 Å². The number of unbranched alkanes of at least 4 members (excludes halogenated alkanes) is 4. The standard InChI is InChI=1S/C16H35O2PS2.C7H12O4/c1-15(2)11-7-5-9-13-18-19(17,20)21-14-10-6-8-12-16(3)4;1-5(7(9)11-3)4-6(8)10-2/h15-16H,5-14H2,1-4H3,(H,17,20);5H,4H2,1-3H3. The van der Waals surface area contributed by atoms with E-state index in [1.165, 1.54) is 64.1 Å². The van der Waals surface area contributed by atoms with E-state index < -0.39 is 23.6 Å². The molecular weight excluding hydrogens is 467 g/mol. The topological polar surface area (TPSA) is 82.1 Å². The number of hydrogen-bond acceptors (Lipinski definition) is 7. The van der Waals surface area contributed by atoms with Gasteiger partial charge >= 0.3 is 11.9 Å². The van der Waals surface area contributed by atoms with Crippen LogP contribution in [0.1, 0.15) is 92.4 Å². The summed E-state index contributed by atoms with van der Waals surface area (Å²) in [6, 6.07) is 0. The van der Waals surface area contributed by atoms with Crippen molar-refractivity contribution in [2.45, 2.75) is 92.4 Å². The van der Waals surface area contributed by atoms with E-state index in [4.69, 9.17) is 16.3 Å². The van der Waals surface area contributed by atoms with Gasteiger partial charge in [-0.25, -0.2) is 0 Å². The SMILES string of the molecule is CC(C)CCCCCOP(O)(=S)SCCCCCC(C)C.COC(=O)CC(C)C(=O)OC. The fourth-order valence-corrected chi connectivity index (χ4v) is 6.10. The van der Waals surface area contributed by atoms with Crippen LogP contribution in [-0.2, 0) is 35.4 Å². The van der Waals surface area contributed by atoms with Crippen LogP contribution in [0.25, 0.3) is 0 Å². The lowest BCUT2D eigenvalue weighted by Crippen LogP contribution is -2.17. The Kier molecular flexibility index (Phi) is 22.8. The summed E-state index contributed by atoms with van der Waals surface area (Å²) in [6.45, 7) is 11.3. The van der Waals surface area contributed by atoms with Crippen molar-refractivity contribution in [3.63, 3.8) is 0 Å². The molecule has 192 valence electrons. The lowest BCUT2D eigenvalue weighted by Gasteiger charge is -2.15. The highest BCUT2D eigenvalue weighted by Gasteiger charge is 2.17. The summed E-state index contributed by atoms with van der Waals surface area (Å²) < 4.78 is 14.3. The van der Waals surface area contributed by atoms with Gasteiger partial charge < -0.3 is 18.9 Å². The average molecular weight is 515 g/mol. The molecule has 0 amide bonds. The Labute approximate surface area is 205 Å². The van der Waals surface area contributed by atoms with Crippen LogP contribution in [-0.4, -0.2) is 43.4 Å². The Bertz CT molecular complexity index is 505. The second kappa shape index (κ2) is 21.4. The first-order valence-corrected chi connectivity index (χ1v) is 16.0. The second-order valence-electron chi connectivity index (χ2n) is 8.83. The van der Waals surface area contributed by atoms with Crippen LogP contribution in [0.2, 0.25) is 0 Å². The van der Waals surface area contributed by atoms with Gasteiger partial charge in [-0.15, -0.1) is 0 Å². The van der Waals surface area contributed by atoms with Crippen LogP contribution in [0.3, 0.4) is 0 Å². The van der Waals surface area contributed by atoms with Crippen molar-refractivity contribution in [3.05, 3.63) is 0 Å². The van der Waals surface area contributed by atoms with Gasteiger partial charge in [0, 0.05) is 5.75 Å². The van der Waals surface area contributed by atoms with Crippen molar-refractivity contribution in [1.82, 2.24) is 0 Å². The normalized spacial score (nSPS) is 13.8. The Morgan fingerprint density at radius 2 is 1.41 bits per heavy atom. The van der Waals surface area contributed by atoms with Gasteiger partial charge in [-0.1, -0.05) is 84.5 Å². The van der Waals surface area contributed by atoms with E-state index in [2.05, 4.69) is 37.2 Å². The van der Waals surface area contributed by atoms with Gasteiger partial charge in [-0.3, -0.25) is 9.59 Å². The summed E-state index contributed by atoms with van der Waals surface area (Å²) >= 11 is 6.66. The molecule has 0 radical (unpaired) electrons. The molecule has 0 aromatic heterocycles. The van der Waals surface area contributed by atoms with E-state index >= 15 is 0 Å². The van der Waals surface area contributed by atoms with E-state index in [1.807, 2.05) is 0 Å². The van der Waals surface area contributed by atoms with E-state index in [0.29, 0.717) is 6.61 Å². The van der Waals surface area contributed by atoms with Crippen molar-refractivity contribution in [2.75, 3.05) is 26.6 Å². The highest BCUT2D eigenvalue weighted by molar-refractivity contribution is 8.67. The van der Waals surface area contributed by atoms with Crippen molar-refractivity contribution in [2.24, 2.45) is 17.8 Å². The van der Waals surface area contributed by atoms with Crippen molar-refractivity contribution >= 4 is 40.8 Å². The zero-order valence-corrected chi connectivity index (χ0v) is 23.8. The number of methoxy groups -OCH3 is 2. The molecule has 0 saturated heterocycles. The number of rotatable bonds is 17. The Morgan fingerprint density at radius 3 is 1.88 bits per heavy atom. The van der Waals surface area contributed by atoms with Crippen LogP contribution in [0.5, 0.6) is 0 Å². The van der Waals surface area contributed by atoms with Crippen LogP contribution in [0.4, 0.5) is 0 Å². The molecule has 0 aliphatic rings. The monoisotopic (exact) mass is 514 g/mol. The van der Waals surface area contributed by atoms with Gasteiger partial charge in [0.2, 0.25) is 5.69 Å². The van der Waals surface area contributed by atoms with Crippen LogP contribution < -0.4 is 0 Å². The zero-order valence-electron chi connectivity index (χ0n) is 21.3. The molecule has 0 rings (SSSR count). The lowest BCUT2D eigenvalue weighted by molar-refractivity contribution is -0.151. The maximum atomic E-state index is 10.7. The lowest BCUT2D eigenvalue weighted by atomic mass is 10.1. The summed E-state index contributed by atoms with van der Waals surface area (Å²) in [4.78, 5) is 31.4. The fourth-order valence-electron chi connectivity index (χ4n) is 2.68. The largest absolute Gasteiger partial charge is 0.469 e. The molecule has 9 heteroatoms. The molecule has 0 aromatic carbocycles. The molecule has 0 spiro atoms. The number of carbonyl (C=O) groups is 2. The Morgan fingerprint density at radius 1 is 0.875 bits per heavy atom. The molecule has 32 heavy (non-hydrogen) atoms. The fraction of sp³-hybridized carbons (Fsp3) is 0.913. The minimum atomic E-state index is -2.58. The number of ether oxygens (including phenoxy) is 2. The highest BCUT2D eigenvalue weighted by Crippen LogP contribution is 2.56. The molecule has 0 aromatic rings. The van der Waals surface area contributed by atoms with Gasteiger partial charge in [0.15, 0.2) is 0 Å². The summed E-state index contributed by atoms with van der Waals surface area (Å²) in [6.07, 6.45) is 9.73. The van der Waals surface area contributed by atoms with Gasteiger partial charge in [-0.2, -0.15) is 0 Å². The molecule has 2 atom stereocenters. The molecular formula is C23H47O6PS2. The first-order valence-electron chi connectivity index (χ1n) is 11.7. The Balaban J connectivity index is 0. The maximum Gasteiger partial charge on any atom is 0.308 e. The smallest absolute Gasteiger partial charge is 0.308 e. The molecule has 0 aliphatic heterocycles. The van der Waals surface area contributed by atoms with Gasteiger partial charge in [0.25, 0.3) is 0 Å². The molecule has 2 unspecified atom stereocenters. The zero-order chi connectivity index (χ0) is 25.0. The second-order valence-corrected chi connectivity index (χ2v) is 15.1. The van der Waals surface area contributed by atoms with E-state index in [1.54, 1.807) is 6.92 Å². The Hall–Kier alpha value is -0.140. The molecule has 0 aliphatic carbocycles. The maximum absolute atomic E-state index is 10.7. The average Bonchev–Trinajstić information content (AvgIpc) is 2.72. The molecule has 0 heterocycles. The third-order valence-electron chi connectivity index (χ3n) is 4.66. The number of esters is 2. The van der Waals surface area contributed by atoms with Crippen LogP contribution in [0.15, 0.2) is 0 Å². The van der Waals surface area contributed by atoms with E-state index in [-0.39, 0.29) is 6.42 Å². The van der Waals surface area contributed by atoms with Crippen LogP contribution >= 0.6 is 17.1 Å². The molecule has 0 saturated carbocycles. The highest BCUT2D eigenvalue weighted by atomic mass is 32.9. The number of carbonyl (C=O) groups excluding carboxylic acids is 2. The van der Waals surface area contributed by atoms with Crippen molar-refractivity contribution in [3.8, 4) is 0 Å². The first-order chi connectivity index (χ1) is 14.9. The molecule has 1 N–H and O–H groups in total. The summed E-state index contributed by atoms with van der Waals surface area (Å²) in [5.41, 5.74) is -2.58. The van der Waals surface area contributed by atoms with Crippen molar-refractivity contribution < 1.29 is 28.5 Å². The minimum absolute atomic E-state index is 0.0726. The minimum Gasteiger partial charge on any atom is -0.469 e. The first kappa shape index (κ1) is 34.0. The number of hydrogen-bond donors (Lipinski definition) is 1. The summed E-state index contributed by atoms with van der Waals surface area (Å²) in [7, 11) is 2.57. The van der Waals surface area contributed by atoms with Gasteiger partial charge in [0.1, 0.15) is 0 Å². The van der Waals surface area contributed by atoms with Gasteiger partial charge in [0.05, 0.1) is 33.2 Å². The predicted molar refractivity (Wildman–Crippen MR) is 139 cm³/mol.